The van der Waals surface area contributed by atoms with E-state index in [1.807, 2.05) is 43.3 Å². The molecular formula is C15H14F3N. The fourth-order valence-electron chi connectivity index (χ4n) is 1.80. The van der Waals surface area contributed by atoms with E-state index < -0.39 is 11.7 Å². The van der Waals surface area contributed by atoms with Crippen molar-refractivity contribution in [3.63, 3.8) is 0 Å². The van der Waals surface area contributed by atoms with Crippen LogP contribution in [0.3, 0.4) is 0 Å². The second-order valence-electron chi connectivity index (χ2n) is 4.52. The third kappa shape index (κ3) is 3.08. The van der Waals surface area contributed by atoms with E-state index >= 15 is 0 Å². The molecule has 0 fully saturated rings. The fourth-order valence-corrected chi connectivity index (χ4v) is 1.80. The Hall–Kier alpha value is -1.97. The average molecular weight is 265 g/mol. The maximum Gasteiger partial charge on any atom is 0.416 e. The first-order chi connectivity index (χ1) is 8.88. The molecular weight excluding hydrogens is 251 g/mol. The zero-order chi connectivity index (χ0) is 14.0. The third-order valence-electron chi connectivity index (χ3n) is 2.93. The van der Waals surface area contributed by atoms with E-state index in [9.17, 15) is 13.2 Å². The van der Waals surface area contributed by atoms with Crippen LogP contribution in [0.5, 0.6) is 0 Å². The van der Waals surface area contributed by atoms with Crippen LogP contribution >= 0.6 is 0 Å². The molecule has 0 aliphatic rings. The lowest BCUT2D eigenvalue weighted by atomic mass is 10.0. The molecule has 2 aromatic rings. The highest BCUT2D eigenvalue weighted by atomic mass is 19.4. The molecule has 0 amide bonds. The first-order valence-electron chi connectivity index (χ1n) is 5.83. The van der Waals surface area contributed by atoms with E-state index in [0.29, 0.717) is 0 Å². The number of halogens is 3. The second kappa shape index (κ2) is 4.96. The van der Waals surface area contributed by atoms with Crippen molar-refractivity contribution in [2.24, 2.45) is 0 Å². The normalized spacial score (nSPS) is 11.4. The van der Waals surface area contributed by atoms with Gasteiger partial charge in [0.1, 0.15) is 0 Å². The minimum Gasteiger partial charge on any atom is -0.378 e. The van der Waals surface area contributed by atoms with Crippen LogP contribution in [0.1, 0.15) is 5.56 Å². The molecule has 0 radical (unpaired) electrons. The summed E-state index contributed by atoms with van der Waals surface area (Å²) in [6.07, 6.45) is -4.28. The van der Waals surface area contributed by atoms with Crippen molar-refractivity contribution in [1.82, 2.24) is 0 Å². The lowest BCUT2D eigenvalue weighted by Gasteiger charge is -2.13. The summed E-state index contributed by atoms with van der Waals surface area (Å²) in [7, 11) is 3.88. The van der Waals surface area contributed by atoms with Crippen LogP contribution in [0.25, 0.3) is 11.1 Å². The van der Waals surface area contributed by atoms with Crippen molar-refractivity contribution >= 4 is 5.69 Å². The Kier molecular flexibility index (Phi) is 3.51. The Balaban J connectivity index is 2.27. The highest BCUT2D eigenvalue weighted by molar-refractivity contribution is 5.66. The van der Waals surface area contributed by atoms with E-state index in [4.69, 9.17) is 0 Å². The first kappa shape index (κ1) is 13.5. The number of hydrogen-bond donors (Lipinski definition) is 0. The SMILES string of the molecule is CN(C)c1ccc(-c2ccc(C(F)(F)F)cc2)cc1. The lowest BCUT2D eigenvalue weighted by molar-refractivity contribution is -0.137. The molecule has 0 bridgehead atoms. The second-order valence-corrected chi connectivity index (χ2v) is 4.52. The molecule has 0 aliphatic heterocycles. The molecule has 0 saturated heterocycles. The predicted molar refractivity (Wildman–Crippen MR) is 71.2 cm³/mol. The maximum absolute atomic E-state index is 12.5. The molecule has 2 aromatic carbocycles. The number of anilines is 1. The zero-order valence-electron chi connectivity index (χ0n) is 10.7. The van der Waals surface area contributed by atoms with E-state index in [1.54, 1.807) is 0 Å². The number of nitrogens with zero attached hydrogens (tertiary/aromatic N) is 1. The van der Waals surface area contributed by atoms with Crippen molar-refractivity contribution in [2.75, 3.05) is 19.0 Å². The van der Waals surface area contributed by atoms with Crippen LogP contribution < -0.4 is 4.90 Å². The van der Waals surface area contributed by atoms with Crippen LogP contribution in [-0.4, -0.2) is 14.1 Å². The molecule has 0 heterocycles. The fraction of sp³-hybridized carbons (Fsp3) is 0.200. The predicted octanol–water partition coefficient (Wildman–Crippen LogP) is 4.44. The van der Waals surface area contributed by atoms with Crippen molar-refractivity contribution in [2.45, 2.75) is 6.18 Å². The smallest absolute Gasteiger partial charge is 0.378 e. The topological polar surface area (TPSA) is 3.24 Å². The summed E-state index contributed by atoms with van der Waals surface area (Å²) in [5.41, 5.74) is 2.11. The molecule has 0 saturated carbocycles. The highest BCUT2D eigenvalue weighted by Gasteiger charge is 2.29. The van der Waals surface area contributed by atoms with Gasteiger partial charge >= 0.3 is 6.18 Å². The van der Waals surface area contributed by atoms with E-state index in [2.05, 4.69) is 0 Å². The first-order valence-corrected chi connectivity index (χ1v) is 5.83. The Morgan fingerprint density at radius 2 is 1.16 bits per heavy atom. The molecule has 0 aromatic heterocycles. The summed E-state index contributed by atoms with van der Waals surface area (Å²) in [6.45, 7) is 0. The van der Waals surface area contributed by atoms with Crippen LogP contribution in [0.4, 0.5) is 18.9 Å². The van der Waals surface area contributed by atoms with E-state index in [-0.39, 0.29) is 0 Å². The number of benzene rings is 2. The highest BCUT2D eigenvalue weighted by Crippen LogP contribution is 2.31. The standard InChI is InChI=1S/C15H14F3N/c1-19(2)14-9-5-12(6-10-14)11-3-7-13(8-4-11)15(16,17)18/h3-10H,1-2H3. The van der Waals surface area contributed by atoms with Gasteiger partial charge in [0.2, 0.25) is 0 Å². The Morgan fingerprint density at radius 3 is 1.53 bits per heavy atom. The van der Waals surface area contributed by atoms with Crippen LogP contribution in [0, 0.1) is 0 Å². The summed E-state index contributed by atoms with van der Waals surface area (Å²) >= 11 is 0. The zero-order valence-corrected chi connectivity index (χ0v) is 10.7. The van der Waals surface area contributed by atoms with Gasteiger partial charge in [0.25, 0.3) is 0 Å². The Morgan fingerprint density at radius 1 is 0.737 bits per heavy atom. The summed E-state index contributed by atoms with van der Waals surface area (Å²) < 4.78 is 37.4. The molecule has 19 heavy (non-hydrogen) atoms. The molecule has 1 nitrogen and oxygen atoms in total. The van der Waals surface area contributed by atoms with E-state index in [1.165, 1.54) is 12.1 Å². The van der Waals surface area contributed by atoms with Gasteiger partial charge in [0.15, 0.2) is 0 Å². The largest absolute Gasteiger partial charge is 0.416 e. The van der Waals surface area contributed by atoms with Crippen LogP contribution in [-0.2, 0) is 6.18 Å². The summed E-state index contributed by atoms with van der Waals surface area (Å²) in [6, 6.07) is 12.9. The average Bonchev–Trinajstić information content (AvgIpc) is 2.38. The van der Waals surface area contributed by atoms with Gasteiger partial charge in [0, 0.05) is 19.8 Å². The molecule has 0 unspecified atom stereocenters. The molecule has 0 atom stereocenters. The quantitative estimate of drug-likeness (QED) is 0.776. The van der Waals surface area contributed by atoms with Gasteiger partial charge in [-0.1, -0.05) is 24.3 Å². The minimum absolute atomic E-state index is 0.624. The number of hydrogen-bond acceptors (Lipinski definition) is 1. The Labute approximate surface area is 110 Å². The van der Waals surface area contributed by atoms with Crippen LogP contribution in [0.15, 0.2) is 48.5 Å². The molecule has 0 N–H and O–H groups in total. The minimum atomic E-state index is -4.28. The van der Waals surface area contributed by atoms with Crippen molar-refractivity contribution in [3.8, 4) is 11.1 Å². The number of alkyl halides is 3. The van der Waals surface area contributed by atoms with Gasteiger partial charge in [-0.3, -0.25) is 0 Å². The summed E-state index contributed by atoms with van der Waals surface area (Å²) in [5, 5.41) is 0. The molecule has 2 rings (SSSR count). The molecule has 4 heteroatoms. The van der Waals surface area contributed by atoms with Crippen molar-refractivity contribution < 1.29 is 13.2 Å². The van der Waals surface area contributed by atoms with Crippen molar-refractivity contribution in [1.29, 1.82) is 0 Å². The molecule has 100 valence electrons. The lowest BCUT2D eigenvalue weighted by Crippen LogP contribution is -2.07. The summed E-state index contributed by atoms with van der Waals surface area (Å²) in [4.78, 5) is 1.97. The van der Waals surface area contributed by atoms with Gasteiger partial charge in [0.05, 0.1) is 5.56 Å². The third-order valence-corrected chi connectivity index (χ3v) is 2.93. The Bertz CT molecular complexity index is 539. The molecule has 0 aliphatic carbocycles. The van der Waals surface area contributed by atoms with Gasteiger partial charge in [-0.25, -0.2) is 0 Å². The van der Waals surface area contributed by atoms with Crippen molar-refractivity contribution in [3.05, 3.63) is 54.1 Å². The monoisotopic (exact) mass is 265 g/mol. The van der Waals surface area contributed by atoms with Gasteiger partial charge in [-0.05, 0) is 35.4 Å². The molecule has 0 spiro atoms. The van der Waals surface area contributed by atoms with Gasteiger partial charge in [-0.2, -0.15) is 13.2 Å². The van der Waals surface area contributed by atoms with Gasteiger partial charge in [-0.15, -0.1) is 0 Å². The number of rotatable bonds is 2. The van der Waals surface area contributed by atoms with Gasteiger partial charge < -0.3 is 4.90 Å². The van der Waals surface area contributed by atoms with E-state index in [0.717, 1.165) is 28.9 Å². The maximum atomic E-state index is 12.5. The summed E-state index contributed by atoms with van der Waals surface area (Å²) in [5.74, 6) is 0. The van der Waals surface area contributed by atoms with Crippen LogP contribution in [0.2, 0.25) is 0 Å².